The summed E-state index contributed by atoms with van der Waals surface area (Å²) in [5.74, 6) is -1.49. The fourth-order valence-electron chi connectivity index (χ4n) is 3.00. The average Bonchev–Trinajstić information content (AvgIpc) is 2.91. The highest BCUT2D eigenvalue weighted by Gasteiger charge is 2.49. The Labute approximate surface area is 161 Å². The molecule has 1 aliphatic rings. The van der Waals surface area contributed by atoms with Crippen LogP contribution >= 0.6 is 0 Å². The second-order valence-corrected chi connectivity index (χ2v) is 6.43. The molecule has 3 rings (SSSR count). The molecule has 8 heteroatoms. The molecule has 0 bridgehead atoms. The van der Waals surface area contributed by atoms with E-state index in [4.69, 9.17) is 9.47 Å². The van der Waals surface area contributed by atoms with Gasteiger partial charge in [0.1, 0.15) is 30.3 Å². The molecule has 0 radical (unpaired) electrons. The maximum absolute atomic E-state index is 13.4. The van der Waals surface area contributed by atoms with Crippen molar-refractivity contribution in [2.75, 3.05) is 13.7 Å². The molecule has 0 unspecified atom stereocenters. The van der Waals surface area contributed by atoms with Crippen LogP contribution in [0.2, 0.25) is 0 Å². The van der Waals surface area contributed by atoms with E-state index >= 15 is 0 Å². The normalized spacial score (nSPS) is 18.8. The van der Waals surface area contributed by atoms with Gasteiger partial charge < -0.3 is 14.8 Å². The first-order chi connectivity index (χ1) is 13.3. The zero-order valence-corrected chi connectivity index (χ0v) is 15.4. The number of methoxy groups -OCH3 is 1. The smallest absolute Gasteiger partial charge is 0.326 e. The second-order valence-electron chi connectivity index (χ2n) is 6.43. The lowest BCUT2D eigenvalue weighted by atomic mass is 9.92. The number of nitrogens with zero attached hydrogens (tertiary/aromatic N) is 1. The summed E-state index contributed by atoms with van der Waals surface area (Å²) < 4.78 is 23.6. The Balaban J connectivity index is 1.67. The summed E-state index contributed by atoms with van der Waals surface area (Å²) in [7, 11) is 1.41. The summed E-state index contributed by atoms with van der Waals surface area (Å²) in [5.41, 5.74) is -0.319. The topological polar surface area (TPSA) is 84.9 Å². The van der Waals surface area contributed by atoms with E-state index < -0.39 is 35.8 Å². The van der Waals surface area contributed by atoms with Crippen LogP contribution in [0.3, 0.4) is 0 Å². The first kappa shape index (κ1) is 19.3. The van der Waals surface area contributed by atoms with E-state index in [1.165, 1.54) is 25.3 Å². The largest absolute Gasteiger partial charge is 0.496 e. The SMILES string of the molecule is COc1ccc(F)cc1COC(=O)CN1C(=O)N[C@@](C)(c2ccccc2)C1=O. The first-order valence-corrected chi connectivity index (χ1v) is 8.53. The standard InChI is InChI=1S/C20H19FN2O5/c1-20(14-6-4-3-5-7-14)18(25)23(19(26)22-20)11-17(24)28-12-13-10-15(21)8-9-16(13)27-2/h3-10H,11-12H2,1-2H3,(H,22,26)/t20-/m0/s1. The van der Waals surface area contributed by atoms with E-state index in [1.54, 1.807) is 37.3 Å². The number of carbonyl (C=O) groups is 3. The van der Waals surface area contributed by atoms with Crippen LogP contribution in [-0.2, 0) is 26.5 Å². The van der Waals surface area contributed by atoms with Crippen LogP contribution in [0, 0.1) is 5.82 Å². The predicted octanol–water partition coefficient (Wildman–Crippen LogP) is 2.34. The average molecular weight is 386 g/mol. The van der Waals surface area contributed by atoms with Crippen LogP contribution in [0.1, 0.15) is 18.1 Å². The molecule has 1 saturated heterocycles. The molecule has 1 fully saturated rings. The van der Waals surface area contributed by atoms with Crippen molar-refractivity contribution < 1.29 is 28.2 Å². The third-order valence-electron chi connectivity index (χ3n) is 4.54. The quantitative estimate of drug-likeness (QED) is 0.609. The Morgan fingerprint density at radius 3 is 2.57 bits per heavy atom. The fraction of sp³-hybridized carbons (Fsp3) is 0.250. The fourth-order valence-corrected chi connectivity index (χ4v) is 3.00. The van der Waals surface area contributed by atoms with E-state index in [2.05, 4.69) is 5.32 Å². The number of rotatable bonds is 6. The summed E-state index contributed by atoms with van der Waals surface area (Å²) in [6.45, 7) is 0.773. The zero-order chi connectivity index (χ0) is 20.3. The van der Waals surface area contributed by atoms with Gasteiger partial charge in [0.05, 0.1) is 7.11 Å². The summed E-state index contributed by atoms with van der Waals surface area (Å²) in [6.07, 6.45) is 0. The van der Waals surface area contributed by atoms with Crippen molar-refractivity contribution in [3.05, 3.63) is 65.5 Å². The highest BCUT2D eigenvalue weighted by Crippen LogP contribution is 2.28. The number of halogens is 1. The number of nitrogens with one attached hydrogen (secondary N) is 1. The van der Waals surface area contributed by atoms with Crippen molar-refractivity contribution in [1.82, 2.24) is 10.2 Å². The number of amides is 3. The van der Waals surface area contributed by atoms with Gasteiger partial charge in [0.15, 0.2) is 0 Å². The lowest BCUT2D eigenvalue weighted by Gasteiger charge is -2.22. The molecule has 0 aromatic heterocycles. The predicted molar refractivity (Wildman–Crippen MR) is 96.8 cm³/mol. The van der Waals surface area contributed by atoms with Gasteiger partial charge in [0.2, 0.25) is 0 Å². The minimum Gasteiger partial charge on any atom is -0.496 e. The van der Waals surface area contributed by atoms with E-state index in [9.17, 15) is 18.8 Å². The Kier molecular flexibility index (Phi) is 5.30. The number of carbonyl (C=O) groups excluding carboxylic acids is 3. The molecule has 3 amide bonds. The van der Waals surface area contributed by atoms with Crippen molar-refractivity contribution in [3.8, 4) is 5.75 Å². The van der Waals surface area contributed by atoms with Crippen LogP contribution in [0.4, 0.5) is 9.18 Å². The lowest BCUT2D eigenvalue weighted by molar-refractivity contribution is -0.148. The van der Waals surface area contributed by atoms with Gasteiger partial charge in [-0.05, 0) is 30.7 Å². The molecule has 2 aromatic rings. The Morgan fingerprint density at radius 2 is 1.89 bits per heavy atom. The number of urea groups is 1. The van der Waals surface area contributed by atoms with Crippen LogP contribution < -0.4 is 10.1 Å². The molecular weight excluding hydrogens is 367 g/mol. The molecule has 0 aliphatic carbocycles. The minimum absolute atomic E-state index is 0.251. The number of imide groups is 1. The monoisotopic (exact) mass is 386 g/mol. The van der Waals surface area contributed by atoms with Crippen molar-refractivity contribution in [1.29, 1.82) is 0 Å². The number of ether oxygens (including phenoxy) is 2. The Morgan fingerprint density at radius 1 is 1.18 bits per heavy atom. The maximum Gasteiger partial charge on any atom is 0.326 e. The van der Waals surface area contributed by atoms with Gasteiger partial charge in [-0.2, -0.15) is 0 Å². The number of hydrogen-bond donors (Lipinski definition) is 1. The van der Waals surface area contributed by atoms with Gasteiger partial charge in [0, 0.05) is 5.56 Å². The van der Waals surface area contributed by atoms with E-state index in [0.29, 0.717) is 16.9 Å². The Bertz CT molecular complexity index is 918. The molecule has 1 atom stereocenters. The van der Waals surface area contributed by atoms with Crippen molar-refractivity contribution in [3.63, 3.8) is 0 Å². The van der Waals surface area contributed by atoms with E-state index in [0.717, 1.165) is 4.90 Å². The summed E-state index contributed by atoms with van der Waals surface area (Å²) in [5, 5.41) is 2.61. The summed E-state index contributed by atoms with van der Waals surface area (Å²) >= 11 is 0. The summed E-state index contributed by atoms with van der Waals surface area (Å²) in [4.78, 5) is 38.0. The second kappa shape index (κ2) is 7.67. The molecule has 1 heterocycles. The first-order valence-electron chi connectivity index (χ1n) is 8.53. The molecule has 0 spiro atoms. The van der Waals surface area contributed by atoms with Gasteiger partial charge >= 0.3 is 12.0 Å². The van der Waals surface area contributed by atoms with Crippen LogP contribution in [0.25, 0.3) is 0 Å². The number of esters is 1. The molecule has 1 N–H and O–H groups in total. The lowest BCUT2D eigenvalue weighted by Crippen LogP contribution is -2.41. The highest BCUT2D eigenvalue weighted by atomic mass is 19.1. The van der Waals surface area contributed by atoms with Gasteiger partial charge in [0.25, 0.3) is 5.91 Å². The third-order valence-corrected chi connectivity index (χ3v) is 4.54. The molecule has 28 heavy (non-hydrogen) atoms. The molecule has 0 saturated carbocycles. The van der Waals surface area contributed by atoms with Crippen LogP contribution in [0.5, 0.6) is 5.75 Å². The minimum atomic E-state index is -1.26. The molecule has 1 aliphatic heterocycles. The molecule has 2 aromatic carbocycles. The van der Waals surface area contributed by atoms with Gasteiger partial charge in [-0.25, -0.2) is 9.18 Å². The highest BCUT2D eigenvalue weighted by molar-refractivity contribution is 6.08. The zero-order valence-electron chi connectivity index (χ0n) is 15.4. The van der Waals surface area contributed by atoms with E-state index in [1.807, 2.05) is 0 Å². The molecule has 7 nitrogen and oxygen atoms in total. The van der Waals surface area contributed by atoms with Crippen LogP contribution in [0.15, 0.2) is 48.5 Å². The molecule has 146 valence electrons. The molecular formula is C20H19FN2O5. The third kappa shape index (κ3) is 3.66. The number of hydrogen-bond acceptors (Lipinski definition) is 5. The van der Waals surface area contributed by atoms with Crippen molar-refractivity contribution in [2.45, 2.75) is 19.1 Å². The van der Waals surface area contributed by atoms with Gasteiger partial charge in [-0.1, -0.05) is 30.3 Å². The van der Waals surface area contributed by atoms with Gasteiger partial charge in [-0.15, -0.1) is 0 Å². The van der Waals surface area contributed by atoms with Gasteiger partial charge in [-0.3, -0.25) is 14.5 Å². The van der Waals surface area contributed by atoms with E-state index in [-0.39, 0.29) is 6.61 Å². The van der Waals surface area contributed by atoms with Crippen molar-refractivity contribution in [2.24, 2.45) is 0 Å². The number of benzene rings is 2. The maximum atomic E-state index is 13.4. The van der Waals surface area contributed by atoms with Crippen LogP contribution in [-0.4, -0.2) is 36.5 Å². The van der Waals surface area contributed by atoms with Crippen molar-refractivity contribution >= 4 is 17.9 Å². The summed E-state index contributed by atoms with van der Waals surface area (Å²) in [6, 6.07) is 11.9. The Hall–Kier alpha value is -3.42.